The lowest BCUT2D eigenvalue weighted by atomic mass is 10.2. The number of benzene rings is 1. The molecule has 0 atom stereocenters. The molecule has 1 heterocycles. The van der Waals surface area contributed by atoms with Crippen LogP contribution >= 0.6 is 35.0 Å². The Morgan fingerprint density at radius 3 is 2.56 bits per heavy atom. The van der Waals surface area contributed by atoms with E-state index in [1.807, 2.05) is 12.1 Å². The normalized spacial score (nSPS) is 10.3. The molecule has 0 saturated heterocycles. The molecule has 0 fully saturated rings. The lowest BCUT2D eigenvalue weighted by Gasteiger charge is -2.05. The molecule has 1 aromatic carbocycles. The van der Waals surface area contributed by atoms with Crippen LogP contribution in [0, 0.1) is 5.41 Å². The number of hydrogen-bond donors (Lipinski definition) is 2. The molecule has 3 nitrogen and oxygen atoms in total. The predicted molar refractivity (Wildman–Crippen MR) is 75.8 cm³/mol. The number of rotatable bonds is 3. The minimum absolute atomic E-state index is 0.0406. The van der Waals surface area contributed by atoms with Gasteiger partial charge in [-0.05, 0) is 30.3 Å². The van der Waals surface area contributed by atoms with E-state index in [9.17, 15) is 0 Å². The zero-order valence-electron chi connectivity index (χ0n) is 9.15. The summed E-state index contributed by atoms with van der Waals surface area (Å²) in [5.74, 6) is -0.0406. The molecule has 0 aliphatic rings. The molecular formula is C12H9Cl2N3S. The lowest BCUT2D eigenvalue weighted by Crippen LogP contribution is -2.11. The molecule has 3 N–H and O–H groups in total. The maximum Gasteiger partial charge on any atom is 0.124 e. The van der Waals surface area contributed by atoms with Crippen LogP contribution in [-0.2, 0) is 0 Å². The maximum atomic E-state index is 7.35. The van der Waals surface area contributed by atoms with E-state index in [4.69, 9.17) is 34.3 Å². The van der Waals surface area contributed by atoms with E-state index in [2.05, 4.69) is 4.98 Å². The van der Waals surface area contributed by atoms with Crippen LogP contribution in [0.25, 0.3) is 0 Å². The highest BCUT2D eigenvalue weighted by molar-refractivity contribution is 7.99. The molecule has 0 aliphatic carbocycles. The summed E-state index contributed by atoms with van der Waals surface area (Å²) in [6.45, 7) is 0. The molecule has 0 amide bonds. The van der Waals surface area contributed by atoms with Crippen LogP contribution in [0.5, 0.6) is 0 Å². The van der Waals surface area contributed by atoms with E-state index < -0.39 is 0 Å². The Kier molecular flexibility index (Phi) is 4.11. The van der Waals surface area contributed by atoms with E-state index in [-0.39, 0.29) is 5.84 Å². The molecule has 0 radical (unpaired) electrons. The zero-order valence-corrected chi connectivity index (χ0v) is 11.5. The Morgan fingerprint density at radius 2 is 2.00 bits per heavy atom. The second-order valence-electron chi connectivity index (χ2n) is 3.47. The first-order valence-electron chi connectivity index (χ1n) is 4.99. The Labute approximate surface area is 119 Å². The molecule has 0 bridgehead atoms. The number of nitrogens with two attached hydrogens (primary N) is 1. The molecule has 0 unspecified atom stereocenters. The topological polar surface area (TPSA) is 62.8 Å². The fourth-order valence-electron chi connectivity index (χ4n) is 1.32. The Bertz CT molecular complexity index is 584. The SMILES string of the molecule is N=C(N)c1ccc(Sc2ccc(Cl)cn2)cc1Cl. The smallest absolute Gasteiger partial charge is 0.124 e. The van der Waals surface area contributed by atoms with Crippen LogP contribution in [-0.4, -0.2) is 10.8 Å². The highest BCUT2D eigenvalue weighted by atomic mass is 35.5. The molecule has 2 aromatic rings. The number of hydrogen-bond acceptors (Lipinski definition) is 3. The number of nitrogens with one attached hydrogen (secondary N) is 1. The number of pyridine rings is 1. The molecule has 0 saturated carbocycles. The first kappa shape index (κ1) is 13.2. The third kappa shape index (κ3) is 3.16. The van der Waals surface area contributed by atoms with Crippen molar-refractivity contribution in [2.24, 2.45) is 5.73 Å². The van der Waals surface area contributed by atoms with Crippen molar-refractivity contribution in [1.29, 1.82) is 5.41 Å². The average molecular weight is 298 g/mol. The molecule has 18 heavy (non-hydrogen) atoms. The minimum Gasteiger partial charge on any atom is -0.384 e. The quantitative estimate of drug-likeness (QED) is 0.668. The van der Waals surface area contributed by atoms with Gasteiger partial charge in [0.2, 0.25) is 0 Å². The van der Waals surface area contributed by atoms with Gasteiger partial charge < -0.3 is 5.73 Å². The van der Waals surface area contributed by atoms with Gasteiger partial charge >= 0.3 is 0 Å². The van der Waals surface area contributed by atoms with Crippen molar-refractivity contribution < 1.29 is 0 Å². The summed E-state index contributed by atoms with van der Waals surface area (Å²) in [6.07, 6.45) is 1.59. The van der Waals surface area contributed by atoms with Crippen molar-refractivity contribution in [2.75, 3.05) is 0 Å². The van der Waals surface area contributed by atoms with Crippen LogP contribution in [0.1, 0.15) is 5.56 Å². The summed E-state index contributed by atoms with van der Waals surface area (Å²) in [5, 5.41) is 9.24. The first-order chi connectivity index (χ1) is 8.56. The Hall–Kier alpha value is -1.23. The summed E-state index contributed by atoms with van der Waals surface area (Å²) in [7, 11) is 0. The molecule has 6 heteroatoms. The molecule has 0 aliphatic heterocycles. The average Bonchev–Trinajstić information content (AvgIpc) is 2.32. The van der Waals surface area contributed by atoms with Gasteiger partial charge in [-0.15, -0.1) is 0 Å². The van der Waals surface area contributed by atoms with Gasteiger partial charge in [0.05, 0.1) is 10.0 Å². The maximum absolute atomic E-state index is 7.35. The summed E-state index contributed by atoms with van der Waals surface area (Å²) >= 11 is 13.3. The minimum atomic E-state index is -0.0406. The number of nitrogens with zero attached hydrogens (tertiary/aromatic N) is 1. The molecule has 0 spiro atoms. The number of aromatic nitrogens is 1. The molecule has 1 aromatic heterocycles. The van der Waals surface area contributed by atoms with Crippen LogP contribution in [0.4, 0.5) is 0 Å². The predicted octanol–water partition coefficient (Wildman–Crippen LogP) is 3.82. The van der Waals surface area contributed by atoms with Gasteiger partial charge in [0.25, 0.3) is 0 Å². The second-order valence-corrected chi connectivity index (χ2v) is 5.41. The van der Waals surface area contributed by atoms with E-state index >= 15 is 0 Å². The largest absolute Gasteiger partial charge is 0.384 e. The number of amidine groups is 1. The first-order valence-corrected chi connectivity index (χ1v) is 6.57. The number of halogens is 2. The van der Waals surface area contributed by atoms with Crippen molar-refractivity contribution in [3.05, 3.63) is 52.1 Å². The summed E-state index contributed by atoms with van der Waals surface area (Å²) in [5.41, 5.74) is 5.93. The van der Waals surface area contributed by atoms with Gasteiger partial charge in [0.1, 0.15) is 10.9 Å². The van der Waals surface area contributed by atoms with Crippen molar-refractivity contribution >= 4 is 40.8 Å². The summed E-state index contributed by atoms with van der Waals surface area (Å²) < 4.78 is 0. The number of nitrogen functional groups attached to an aromatic ring is 1. The monoisotopic (exact) mass is 297 g/mol. The summed E-state index contributed by atoms with van der Waals surface area (Å²) in [4.78, 5) is 5.11. The Balaban J connectivity index is 2.22. The third-order valence-corrected chi connectivity index (χ3v) is 3.63. The van der Waals surface area contributed by atoms with E-state index in [1.54, 1.807) is 24.4 Å². The van der Waals surface area contributed by atoms with Crippen LogP contribution < -0.4 is 5.73 Å². The molecule has 92 valence electrons. The zero-order chi connectivity index (χ0) is 13.1. The van der Waals surface area contributed by atoms with Gasteiger partial charge in [-0.2, -0.15) is 0 Å². The van der Waals surface area contributed by atoms with Gasteiger partial charge in [-0.1, -0.05) is 35.0 Å². The van der Waals surface area contributed by atoms with E-state index in [0.717, 1.165) is 9.92 Å². The van der Waals surface area contributed by atoms with E-state index in [0.29, 0.717) is 15.6 Å². The van der Waals surface area contributed by atoms with Crippen LogP contribution in [0.15, 0.2) is 46.5 Å². The van der Waals surface area contributed by atoms with E-state index in [1.165, 1.54) is 11.8 Å². The second kappa shape index (κ2) is 5.61. The van der Waals surface area contributed by atoms with Gasteiger partial charge in [0, 0.05) is 16.7 Å². The Morgan fingerprint density at radius 1 is 1.22 bits per heavy atom. The molecular weight excluding hydrogens is 289 g/mol. The van der Waals surface area contributed by atoms with Crippen LogP contribution in [0.3, 0.4) is 0 Å². The van der Waals surface area contributed by atoms with Crippen molar-refractivity contribution in [3.63, 3.8) is 0 Å². The highest BCUT2D eigenvalue weighted by Crippen LogP contribution is 2.29. The lowest BCUT2D eigenvalue weighted by molar-refractivity contribution is 1.13. The fraction of sp³-hybridized carbons (Fsp3) is 0. The summed E-state index contributed by atoms with van der Waals surface area (Å²) in [6, 6.07) is 8.95. The van der Waals surface area contributed by atoms with Gasteiger partial charge in [-0.25, -0.2) is 4.98 Å². The van der Waals surface area contributed by atoms with Crippen molar-refractivity contribution in [2.45, 2.75) is 9.92 Å². The third-order valence-electron chi connectivity index (χ3n) is 2.15. The standard InChI is InChI=1S/C12H9Cl2N3S/c13-7-1-4-11(17-6-7)18-8-2-3-9(12(15)16)10(14)5-8/h1-6H,(H3,15,16). The highest BCUT2D eigenvalue weighted by Gasteiger charge is 2.06. The fourth-order valence-corrected chi connectivity index (χ4v) is 2.58. The molecule has 2 rings (SSSR count). The van der Waals surface area contributed by atoms with Crippen molar-refractivity contribution in [3.8, 4) is 0 Å². The van der Waals surface area contributed by atoms with Crippen molar-refractivity contribution in [1.82, 2.24) is 4.98 Å². The van der Waals surface area contributed by atoms with Crippen LogP contribution in [0.2, 0.25) is 10.0 Å². The van der Waals surface area contributed by atoms with Gasteiger partial charge in [-0.3, -0.25) is 5.41 Å². The van der Waals surface area contributed by atoms with Gasteiger partial charge in [0.15, 0.2) is 0 Å².